The molecule has 31 heavy (non-hydrogen) atoms. The maximum atomic E-state index is 11.5. The van der Waals surface area contributed by atoms with E-state index in [9.17, 15) is 9.59 Å². The number of aryl methyl sites for hydroxylation is 1. The van der Waals surface area contributed by atoms with Crippen LogP contribution in [0.15, 0.2) is 65.3 Å². The zero-order chi connectivity index (χ0) is 22.5. The lowest BCUT2D eigenvalue weighted by atomic mass is 10.0. The molecule has 2 aromatic carbocycles. The minimum absolute atomic E-state index is 0.368. The van der Waals surface area contributed by atoms with Crippen molar-refractivity contribution in [3.05, 3.63) is 71.8 Å². The molecule has 0 spiro atoms. The second-order valence-electron chi connectivity index (χ2n) is 6.76. The molecule has 0 aromatic heterocycles. The van der Waals surface area contributed by atoms with E-state index >= 15 is 0 Å². The van der Waals surface area contributed by atoms with Crippen molar-refractivity contribution in [2.45, 2.75) is 32.6 Å². The summed E-state index contributed by atoms with van der Waals surface area (Å²) in [7, 11) is 0. The van der Waals surface area contributed by atoms with Crippen LogP contribution in [0.3, 0.4) is 0 Å². The first-order chi connectivity index (χ1) is 15.0. The molecule has 0 heterocycles. The van der Waals surface area contributed by atoms with E-state index in [1.807, 2.05) is 24.3 Å². The number of nitrogen functional groups attached to an aromatic ring is 1. The molecule has 0 saturated heterocycles. The van der Waals surface area contributed by atoms with Crippen LogP contribution in [0.1, 0.15) is 42.9 Å². The molecule has 2 N–H and O–H groups in total. The van der Waals surface area contributed by atoms with Crippen LogP contribution in [-0.4, -0.2) is 31.0 Å². The maximum absolute atomic E-state index is 11.5. The molecule has 0 radical (unpaired) electrons. The van der Waals surface area contributed by atoms with Crippen LogP contribution in [0, 0.1) is 0 Å². The Morgan fingerprint density at radius 1 is 1.03 bits per heavy atom. The number of benzene rings is 2. The van der Waals surface area contributed by atoms with E-state index in [1.165, 1.54) is 6.92 Å². The number of rotatable bonds is 11. The van der Waals surface area contributed by atoms with Gasteiger partial charge in [-0.15, -0.1) is 0 Å². The zero-order valence-corrected chi connectivity index (χ0v) is 17.6. The summed E-state index contributed by atoms with van der Waals surface area (Å²) in [6.07, 6.45) is 7.65. The van der Waals surface area contributed by atoms with Gasteiger partial charge in [0.1, 0.15) is 5.75 Å². The number of nitrogens with zero attached hydrogens (tertiary/aromatic N) is 2. The monoisotopic (exact) mass is 421 g/mol. The maximum Gasteiger partial charge on any atom is 0.330 e. The lowest BCUT2D eigenvalue weighted by Crippen LogP contribution is -2.06. The Hall–Kier alpha value is -3.74. The summed E-state index contributed by atoms with van der Waals surface area (Å²) in [5, 5.41) is 8.21. The number of unbranched alkanes of at least 4 members (excludes halogenated alkanes) is 2. The molecule has 162 valence electrons. The number of anilines is 1. The SMILES string of the molecule is C=CC(=O)OCCCCCc1cccc(OC(C)=O)c1/C=N/N=C/c1ccc(N)cc1. The highest BCUT2D eigenvalue weighted by Crippen LogP contribution is 2.23. The average molecular weight is 421 g/mol. The van der Waals surface area contributed by atoms with Crippen LogP contribution in [-0.2, 0) is 20.7 Å². The molecule has 0 atom stereocenters. The smallest absolute Gasteiger partial charge is 0.330 e. The molecule has 0 aliphatic carbocycles. The fourth-order valence-corrected chi connectivity index (χ4v) is 2.80. The van der Waals surface area contributed by atoms with E-state index in [0.29, 0.717) is 23.6 Å². The summed E-state index contributed by atoms with van der Waals surface area (Å²) in [6.45, 7) is 5.09. The van der Waals surface area contributed by atoms with Crippen molar-refractivity contribution in [1.82, 2.24) is 0 Å². The number of hydrogen-bond acceptors (Lipinski definition) is 7. The van der Waals surface area contributed by atoms with E-state index in [4.69, 9.17) is 15.2 Å². The Kier molecular flexibility index (Phi) is 9.68. The van der Waals surface area contributed by atoms with E-state index in [-0.39, 0.29) is 0 Å². The highest BCUT2D eigenvalue weighted by Gasteiger charge is 2.10. The molecule has 0 bridgehead atoms. The highest BCUT2D eigenvalue weighted by molar-refractivity contribution is 5.88. The van der Waals surface area contributed by atoms with Gasteiger partial charge in [-0.05, 0) is 55.0 Å². The Labute approximate surface area is 182 Å². The Morgan fingerprint density at radius 2 is 1.77 bits per heavy atom. The van der Waals surface area contributed by atoms with Crippen LogP contribution in [0.4, 0.5) is 5.69 Å². The van der Waals surface area contributed by atoms with Gasteiger partial charge in [-0.3, -0.25) is 4.79 Å². The topological polar surface area (TPSA) is 103 Å². The minimum Gasteiger partial charge on any atom is -0.463 e. The molecule has 0 fully saturated rings. The molecule has 2 rings (SSSR count). The molecule has 2 aromatic rings. The minimum atomic E-state index is -0.410. The van der Waals surface area contributed by atoms with Crippen LogP contribution < -0.4 is 10.5 Å². The van der Waals surface area contributed by atoms with Crippen molar-refractivity contribution in [1.29, 1.82) is 0 Å². The van der Waals surface area contributed by atoms with Crippen LogP contribution in [0.2, 0.25) is 0 Å². The molecule has 0 aliphatic heterocycles. The molecule has 7 heteroatoms. The summed E-state index contributed by atoms with van der Waals surface area (Å²) in [6, 6.07) is 12.8. The summed E-state index contributed by atoms with van der Waals surface area (Å²) >= 11 is 0. The van der Waals surface area contributed by atoms with Crippen molar-refractivity contribution in [3.63, 3.8) is 0 Å². The van der Waals surface area contributed by atoms with Crippen LogP contribution in [0.5, 0.6) is 5.75 Å². The first-order valence-electron chi connectivity index (χ1n) is 10.0. The van der Waals surface area contributed by atoms with Crippen LogP contribution in [0.25, 0.3) is 0 Å². The van der Waals surface area contributed by atoms with Crippen molar-refractivity contribution >= 4 is 30.1 Å². The standard InChI is InChI=1S/C24H27N3O4/c1-3-24(29)30-15-6-4-5-8-20-9-7-10-23(31-18(2)28)22(20)17-27-26-16-19-11-13-21(25)14-12-19/h3,7,9-14,16-17H,1,4-6,8,15,25H2,2H3/b26-16+,27-17+. The van der Waals surface area contributed by atoms with E-state index in [2.05, 4.69) is 16.8 Å². The van der Waals surface area contributed by atoms with Gasteiger partial charge < -0.3 is 15.2 Å². The van der Waals surface area contributed by atoms with Crippen molar-refractivity contribution in [3.8, 4) is 5.75 Å². The van der Waals surface area contributed by atoms with Gasteiger partial charge >= 0.3 is 11.9 Å². The predicted molar refractivity (Wildman–Crippen MR) is 123 cm³/mol. The largest absolute Gasteiger partial charge is 0.463 e. The van der Waals surface area contributed by atoms with Gasteiger partial charge in [-0.2, -0.15) is 10.2 Å². The number of carbonyl (C=O) groups excluding carboxylic acids is 2. The third-order valence-corrected chi connectivity index (χ3v) is 4.31. The number of esters is 2. The molecule has 0 aliphatic rings. The molecule has 0 unspecified atom stereocenters. The summed E-state index contributed by atoms with van der Waals surface area (Å²) in [5.41, 5.74) is 8.93. The number of nitrogens with two attached hydrogens (primary N) is 1. The zero-order valence-electron chi connectivity index (χ0n) is 17.6. The average Bonchev–Trinajstić information content (AvgIpc) is 2.75. The normalized spacial score (nSPS) is 11.0. The van der Waals surface area contributed by atoms with Gasteiger partial charge in [0.15, 0.2) is 0 Å². The van der Waals surface area contributed by atoms with Crippen molar-refractivity contribution < 1.29 is 19.1 Å². The molecule has 7 nitrogen and oxygen atoms in total. The molecular weight excluding hydrogens is 394 g/mol. The first-order valence-corrected chi connectivity index (χ1v) is 10.0. The van der Waals surface area contributed by atoms with Gasteiger partial charge in [-0.1, -0.05) is 30.8 Å². The first kappa shape index (κ1) is 23.5. The molecule has 0 amide bonds. The van der Waals surface area contributed by atoms with Gasteiger partial charge in [0.05, 0.1) is 19.0 Å². The van der Waals surface area contributed by atoms with Crippen molar-refractivity contribution in [2.24, 2.45) is 10.2 Å². The Bertz CT molecular complexity index is 950. The fraction of sp³-hybridized carbons (Fsp3) is 0.250. The van der Waals surface area contributed by atoms with Gasteiger partial charge in [0.2, 0.25) is 0 Å². The summed E-state index contributed by atoms with van der Waals surface area (Å²) in [5.74, 6) is -0.371. The summed E-state index contributed by atoms with van der Waals surface area (Å²) in [4.78, 5) is 22.5. The quantitative estimate of drug-likeness (QED) is 0.112. The molecule has 0 saturated carbocycles. The Morgan fingerprint density at radius 3 is 2.48 bits per heavy atom. The van der Waals surface area contributed by atoms with Gasteiger partial charge in [0.25, 0.3) is 0 Å². The number of carbonyl (C=O) groups is 2. The summed E-state index contributed by atoms with van der Waals surface area (Å²) < 4.78 is 10.3. The van der Waals surface area contributed by atoms with Crippen LogP contribution >= 0.6 is 0 Å². The van der Waals surface area contributed by atoms with Crippen molar-refractivity contribution in [2.75, 3.05) is 12.3 Å². The fourth-order valence-electron chi connectivity index (χ4n) is 2.80. The lowest BCUT2D eigenvalue weighted by molar-refractivity contribution is -0.138. The second kappa shape index (κ2) is 12.7. The Balaban J connectivity index is 2.04. The number of hydrogen-bond donors (Lipinski definition) is 1. The van der Waals surface area contributed by atoms with Gasteiger partial charge in [0, 0.05) is 24.3 Å². The third kappa shape index (κ3) is 8.65. The predicted octanol–water partition coefficient (Wildman–Crippen LogP) is 4.09. The lowest BCUT2D eigenvalue weighted by Gasteiger charge is -2.11. The van der Waals surface area contributed by atoms with E-state index in [0.717, 1.165) is 42.9 Å². The molecular formula is C24H27N3O4. The van der Waals surface area contributed by atoms with Gasteiger partial charge in [-0.25, -0.2) is 4.79 Å². The third-order valence-electron chi connectivity index (χ3n) is 4.31. The number of ether oxygens (including phenoxy) is 2. The van der Waals surface area contributed by atoms with E-state index in [1.54, 1.807) is 30.6 Å². The second-order valence-corrected chi connectivity index (χ2v) is 6.76. The van der Waals surface area contributed by atoms with E-state index < -0.39 is 11.9 Å². The highest BCUT2D eigenvalue weighted by atomic mass is 16.5.